The van der Waals surface area contributed by atoms with Crippen LogP contribution in [0.15, 0.2) is 28.2 Å². The lowest BCUT2D eigenvalue weighted by Crippen LogP contribution is -2.37. The van der Waals surface area contributed by atoms with E-state index in [1.807, 2.05) is 0 Å². The summed E-state index contributed by atoms with van der Waals surface area (Å²) in [5.74, 6) is -0.00460. The van der Waals surface area contributed by atoms with Gasteiger partial charge in [-0.05, 0) is 18.9 Å². The third kappa shape index (κ3) is 2.11. The van der Waals surface area contributed by atoms with E-state index >= 15 is 0 Å². The fourth-order valence-corrected chi connectivity index (χ4v) is 2.20. The van der Waals surface area contributed by atoms with Crippen LogP contribution in [0.3, 0.4) is 0 Å². The van der Waals surface area contributed by atoms with Crippen molar-refractivity contribution in [1.82, 2.24) is 5.32 Å². The standard InChI is InChI=1S/C12H14N2O4/c15-11(8-3-5-16-7-8)13-6-10-9-2-1-4-17-12(9)18-14-10/h3,5,7,9,12H,1-2,4,6H2,(H,13,15). The van der Waals surface area contributed by atoms with E-state index < -0.39 is 0 Å². The van der Waals surface area contributed by atoms with Gasteiger partial charge in [0.15, 0.2) is 0 Å². The van der Waals surface area contributed by atoms with Gasteiger partial charge in [0.05, 0.1) is 36.6 Å². The maximum Gasteiger partial charge on any atom is 0.254 e. The van der Waals surface area contributed by atoms with E-state index in [9.17, 15) is 4.79 Å². The Bertz CT molecular complexity index is 455. The molecule has 0 aromatic carbocycles. The van der Waals surface area contributed by atoms with Gasteiger partial charge < -0.3 is 19.3 Å². The second-order valence-corrected chi connectivity index (χ2v) is 4.37. The van der Waals surface area contributed by atoms with Crippen LogP contribution in [0.5, 0.6) is 0 Å². The van der Waals surface area contributed by atoms with Crippen molar-refractivity contribution in [1.29, 1.82) is 0 Å². The van der Waals surface area contributed by atoms with Crippen LogP contribution in [0.4, 0.5) is 0 Å². The minimum atomic E-state index is -0.264. The molecule has 0 saturated carbocycles. The van der Waals surface area contributed by atoms with Crippen molar-refractivity contribution in [2.75, 3.05) is 13.2 Å². The largest absolute Gasteiger partial charge is 0.472 e. The van der Waals surface area contributed by atoms with Crippen molar-refractivity contribution >= 4 is 11.6 Å². The van der Waals surface area contributed by atoms with Crippen molar-refractivity contribution in [3.05, 3.63) is 24.2 Å². The summed E-state index contributed by atoms with van der Waals surface area (Å²) in [6.07, 6.45) is 4.61. The molecule has 3 heterocycles. The molecule has 0 aliphatic carbocycles. The summed E-state index contributed by atoms with van der Waals surface area (Å²) in [4.78, 5) is 16.9. The fraction of sp³-hybridized carbons (Fsp3) is 0.500. The number of ether oxygens (including phenoxy) is 1. The Morgan fingerprint density at radius 3 is 3.33 bits per heavy atom. The minimum Gasteiger partial charge on any atom is -0.472 e. The minimum absolute atomic E-state index is 0.170. The van der Waals surface area contributed by atoms with Crippen molar-refractivity contribution in [2.24, 2.45) is 11.1 Å². The summed E-state index contributed by atoms with van der Waals surface area (Å²) in [6.45, 7) is 1.10. The predicted molar refractivity (Wildman–Crippen MR) is 62.0 cm³/mol. The van der Waals surface area contributed by atoms with Crippen LogP contribution < -0.4 is 5.32 Å². The quantitative estimate of drug-likeness (QED) is 0.873. The first-order chi connectivity index (χ1) is 8.84. The Kier molecular flexibility index (Phi) is 3.02. The highest BCUT2D eigenvalue weighted by atomic mass is 16.8. The number of furan rings is 1. The molecule has 3 rings (SSSR count). The van der Waals surface area contributed by atoms with E-state index in [2.05, 4.69) is 10.5 Å². The van der Waals surface area contributed by atoms with Gasteiger partial charge >= 0.3 is 0 Å². The molecule has 1 fully saturated rings. The molecule has 1 saturated heterocycles. The van der Waals surface area contributed by atoms with E-state index in [1.54, 1.807) is 6.07 Å². The summed E-state index contributed by atoms with van der Waals surface area (Å²) >= 11 is 0. The van der Waals surface area contributed by atoms with Crippen LogP contribution in [0.25, 0.3) is 0 Å². The first kappa shape index (κ1) is 11.3. The summed E-state index contributed by atoms with van der Waals surface area (Å²) in [5.41, 5.74) is 1.35. The SMILES string of the molecule is O=C(NCC1=NOC2OCCCC12)c1ccoc1. The van der Waals surface area contributed by atoms with Gasteiger partial charge in [0.1, 0.15) is 6.26 Å². The Labute approximate surface area is 104 Å². The number of fused-ring (bicyclic) bond motifs is 1. The van der Waals surface area contributed by atoms with Crippen LogP contribution in [0.1, 0.15) is 23.2 Å². The Morgan fingerprint density at radius 1 is 1.56 bits per heavy atom. The van der Waals surface area contributed by atoms with Gasteiger partial charge in [0.25, 0.3) is 5.91 Å². The Hall–Kier alpha value is -1.82. The molecule has 6 nitrogen and oxygen atoms in total. The predicted octanol–water partition coefficient (Wildman–Crippen LogP) is 1.15. The molecule has 2 unspecified atom stereocenters. The number of carbonyl (C=O) groups is 1. The van der Waals surface area contributed by atoms with Crippen LogP contribution >= 0.6 is 0 Å². The summed E-state index contributed by atoms with van der Waals surface area (Å²) < 4.78 is 10.3. The average Bonchev–Trinajstić information content (AvgIpc) is 3.06. The van der Waals surface area contributed by atoms with Crippen LogP contribution in [-0.4, -0.2) is 31.1 Å². The lowest BCUT2D eigenvalue weighted by molar-refractivity contribution is -0.162. The molecule has 1 amide bonds. The molecular formula is C12H14N2O4. The van der Waals surface area contributed by atoms with Crippen LogP contribution in [-0.2, 0) is 9.57 Å². The second kappa shape index (κ2) is 4.81. The van der Waals surface area contributed by atoms with E-state index in [0.29, 0.717) is 18.7 Å². The van der Waals surface area contributed by atoms with Crippen molar-refractivity contribution in [3.8, 4) is 0 Å². The molecule has 0 spiro atoms. The Balaban J connectivity index is 1.56. The topological polar surface area (TPSA) is 73.1 Å². The van der Waals surface area contributed by atoms with E-state index in [0.717, 1.165) is 18.6 Å². The maximum absolute atomic E-state index is 11.7. The number of nitrogens with zero attached hydrogens (tertiary/aromatic N) is 1. The molecule has 2 atom stereocenters. The number of amides is 1. The third-order valence-corrected chi connectivity index (χ3v) is 3.19. The number of oxime groups is 1. The molecule has 2 aliphatic rings. The van der Waals surface area contributed by atoms with Crippen LogP contribution in [0.2, 0.25) is 0 Å². The number of rotatable bonds is 3. The molecule has 18 heavy (non-hydrogen) atoms. The first-order valence-corrected chi connectivity index (χ1v) is 5.99. The van der Waals surface area contributed by atoms with Gasteiger partial charge in [-0.15, -0.1) is 0 Å². The number of carbonyl (C=O) groups excluding carboxylic acids is 1. The van der Waals surface area contributed by atoms with Gasteiger partial charge in [-0.1, -0.05) is 5.16 Å². The lowest BCUT2D eigenvalue weighted by atomic mass is 9.95. The van der Waals surface area contributed by atoms with Gasteiger partial charge in [-0.25, -0.2) is 0 Å². The summed E-state index contributed by atoms with van der Waals surface area (Å²) in [5, 5.41) is 6.78. The highest BCUT2D eigenvalue weighted by Crippen LogP contribution is 2.28. The maximum atomic E-state index is 11.7. The smallest absolute Gasteiger partial charge is 0.254 e. The van der Waals surface area contributed by atoms with Crippen molar-refractivity contribution in [2.45, 2.75) is 19.1 Å². The highest BCUT2D eigenvalue weighted by molar-refractivity contribution is 5.98. The van der Waals surface area contributed by atoms with Gasteiger partial charge in [0.2, 0.25) is 6.29 Å². The number of hydrogen-bond donors (Lipinski definition) is 1. The first-order valence-electron chi connectivity index (χ1n) is 5.99. The van der Waals surface area contributed by atoms with Gasteiger partial charge in [-0.2, -0.15) is 0 Å². The number of nitrogens with one attached hydrogen (secondary N) is 1. The third-order valence-electron chi connectivity index (χ3n) is 3.19. The monoisotopic (exact) mass is 250 g/mol. The van der Waals surface area contributed by atoms with E-state index in [-0.39, 0.29) is 18.1 Å². The zero-order valence-corrected chi connectivity index (χ0v) is 9.80. The van der Waals surface area contributed by atoms with E-state index in [1.165, 1.54) is 12.5 Å². The lowest BCUT2D eigenvalue weighted by Gasteiger charge is -2.23. The Morgan fingerprint density at radius 2 is 2.50 bits per heavy atom. The molecule has 1 aromatic rings. The molecule has 0 radical (unpaired) electrons. The normalized spacial score (nSPS) is 26.1. The molecule has 96 valence electrons. The molecule has 6 heteroatoms. The van der Waals surface area contributed by atoms with Crippen molar-refractivity contribution < 1.29 is 18.8 Å². The summed E-state index contributed by atoms with van der Waals surface area (Å²) in [7, 11) is 0. The zero-order valence-electron chi connectivity index (χ0n) is 9.80. The molecule has 1 aromatic heterocycles. The number of hydrogen-bond acceptors (Lipinski definition) is 5. The van der Waals surface area contributed by atoms with E-state index in [4.69, 9.17) is 14.0 Å². The molecule has 0 bridgehead atoms. The van der Waals surface area contributed by atoms with Crippen molar-refractivity contribution in [3.63, 3.8) is 0 Å². The van der Waals surface area contributed by atoms with Gasteiger partial charge in [0, 0.05) is 0 Å². The fourth-order valence-electron chi connectivity index (χ4n) is 2.20. The molecular weight excluding hydrogens is 236 g/mol. The molecule has 2 aliphatic heterocycles. The highest BCUT2D eigenvalue weighted by Gasteiger charge is 2.37. The zero-order chi connectivity index (χ0) is 12.4. The second-order valence-electron chi connectivity index (χ2n) is 4.37. The molecule has 1 N–H and O–H groups in total. The average molecular weight is 250 g/mol. The van der Waals surface area contributed by atoms with Crippen LogP contribution in [0, 0.1) is 5.92 Å². The summed E-state index contributed by atoms with van der Waals surface area (Å²) in [6, 6.07) is 1.62. The van der Waals surface area contributed by atoms with Gasteiger partial charge in [-0.3, -0.25) is 4.79 Å².